The van der Waals surface area contributed by atoms with Gasteiger partial charge in [-0.25, -0.2) is 5.09 Å². The van der Waals surface area contributed by atoms with Crippen molar-refractivity contribution >= 4 is 7.52 Å². The highest BCUT2D eigenvalue weighted by molar-refractivity contribution is 7.55. The van der Waals surface area contributed by atoms with Gasteiger partial charge in [0, 0.05) is 19.8 Å². The van der Waals surface area contributed by atoms with E-state index in [-0.39, 0.29) is 12.2 Å². The summed E-state index contributed by atoms with van der Waals surface area (Å²) in [5.74, 6) is 0. The molecule has 84 valence electrons. The molecule has 1 aliphatic rings. The molecule has 14 heavy (non-hydrogen) atoms. The Morgan fingerprint density at radius 1 is 1.64 bits per heavy atom. The zero-order valence-corrected chi connectivity index (χ0v) is 9.84. The Labute approximate surface area is 85.0 Å². The largest absolute Gasteiger partial charge is 0.370 e. The Hall–Kier alpha value is 0.0700. The Morgan fingerprint density at radius 2 is 2.36 bits per heavy atom. The third-order valence-corrected chi connectivity index (χ3v) is 3.60. The standard InChI is InChI=1S/C8H19N2O3P/c1-7-4-10-5-8(13-7)6-12-14(3,11)9-2/h7-8,10H,4-6H2,1-3H3,(H,9,11)/t7-,8-,14?/m0/s1. The Morgan fingerprint density at radius 3 is 2.93 bits per heavy atom. The van der Waals surface area contributed by atoms with E-state index in [1.807, 2.05) is 6.92 Å². The minimum absolute atomic E-state index is 0.000347. The monoisotopic (exact) mass is 222 g/mol. The molecule has 1 heterocycles. The molecule has 1 fully saturated rings. The van der Waals surface area contributed by atoms with Crippen molar-refractivity contribution in [2.45, 2.75) is 19.1 Å². The molecule has 0 aromatic heterocycles. The van der Waals surface area contributed by atoms with Gasteiger partial charge in [0.05, 0.1) is 18.8 Å². The lowest BCUT2D eigenvalue weighted by atomic mass is 10.3. The summed E-state index contributed by atoms with van der Waals surface area (Å²) in [4.78, 5) is 0. The van der Waals surface area contributed by atoms with Gasteiger partial charge < -0.3 is 14.6 Å². The lowest BCUT2D eigenvalue weighted by Gasteiger charge is -2.29. The van der Waals surface area contributed by atoms with Crippen molar-refractivity contribution in [1.82, 2.24) is 10.4 Å². The molecule has 0 aromatic carbocycles. The molecule has 6 heteroatoms. The van der Waals surface area contributed by atoms with Crippen LogP contribution in [0, 0.1) is 0 Å². The van der Waals surface area contributed by atoms with Gasteiger partial charge in [0.15, 0.2) is 0 Å². The number of hydrogen-bond donors (Lipinski definition) is 2. The number of hydrogen-bond acceptors (Lipinski definition) is 4. The second-order valence-corrected chi connectivity index (χ2v) is 5.99. The minimum atomic E-state index is -2.62. The highest BCUT2D eigenvalue weighted by atomic mass is 31.2. The Bertz CT molecular complexity index is 225. The van der Waals surface area contributed by atoms with Gasteiger partial charge in [-0.15, -0.1) is 0 Å². The van der Waals surface area contributed by atoms with Crippen molar-refractivity contribution in [3.05, 3.63) is 0 Å². The minimum Gasteiger partial charge on any atom is -0.370 e. The maximum absolute atomic E-state index is 11.5. The third kappa shape index (κ3) is 4.07. The van der Waals surface area contributed by atoms with E-state index in [1.165, 1.54) is 0 Å². The molecule has 0 radical (unpaired) electrons. The maximum atomic E-state index is 11.5. The quantitative estimate of drug-likeness (QED) is 0.675. The van der Waals surface area contributed by atoms with E-state index in [2.05, 4.69) is 10.4 Å². The van der Waals surface area contributed by atoms with Crippen LogP contribution in [0.25, 0.3) is 0 Å². The van der Waals surface area contributed by atoms with E-state index in [0.29, 0.717) is 6.61 Å². The second kappa shape index (κ2) is 5.24. The first kappa shape index (κ1) is 12.1. The summed E-state index contributed by atoms with van der Waals surface area (Å²) >= 11 is 0. The van der Waals surface area contributed by atoms with Gasteiger partial charge in [0.2, 0.25) is 0 Å². The van der Waals surface area contributed by atoms with Crippen molar-refractivity contribution in [3.8, 4) is 0 Å². The fourth-order valence-electron chi connectivity index (χ4n) is 1.26. The molecule has 2 N–H and O–H groups in total. The third-order valence-electron chi connectivity index (χ3n) is 2.14. The van der Waals surface area contributed by atoms with E-state index in [0.717, 1.165) is 13.1 Å². The van der Waals surface area contributed by atoms with E-state index in [4.69, 9.17) is 9.26 Å². The number of ether oxygens (including phenoxy) is 1. The van der Waals surface area contributed by atoms with E-state index in [9.17, 15) is 4.57 Å². The first-order valence-electron chi connectivity index (χ1n) is 4.81. The van der Waals surface area contributed by atoms with E-state index >= 15 is 0 Å². The van der Waals surface area contributed by atoms with Crippen molar-refractivity contribution in [2.24, 2.45) is 0 Å². The van der Waals surface area contributed by atoms with Crippen molar-refractivity contribution in [3.63, 3.8) is 0 Å². The molecule has 1 aliphatic heterocycles. The molecule has 1 saturated heterocycles. The number of rotatable bonds is 4. The van der Waals surface area contributed by atoms with Crippen LogP contribution in [-0.4, -0.2) is 45.6 Å². The van der Waals surface area contributed by atoms with Crippen LogP contribution in [-0.2, 0) is 13.8 Å². The fraction of sp³-hybridized carbons (Fsp3) is 1.00. The van der Waals surface area contributed by atoms with Crippen LogP contribution >= 0.6 is 7.52 Å². The average molecular weight is 222 g/mol. The first-order valence-corrected chi connectivity index (χ1v) is 6.88. The summed E-state index contributed by atoms with van der Waals surface area (Å²) in [6.45, 7) is 5.56. The molecule has 1 unspecified atom stereocenters. The number of morpholine rings is 1. The SMILES string of the molecule is CNP(C)(=O)OC[C@@H]1CNC[C@H](C)O1. The van der Waals surface area contributed by atoms with Crippen LogP contribution in [0.5, 0.6) is 0 Å². The van der Waals surface area contributed by atoms with Gasteiger partial charge in [-0.3, -0.25) is 4.57 Å². The second-order valence-electron chi connectivity index (χ2n) is 3.59. The van der Waals surface area contributed by atoms with Gasteiger partial charge in [0.25, 0.3) is 7.52 Å². The summed E-state index contributed by atoms with van der Waals surface area (Å²) in [5, 5.41) is 5.87. The zero-order valence-electron chi connectivity index (χ0n) is 8.95. The molecule has 0 spiro atoms. The lowest BCUT2D eigenvalue weighted by molar-refractivity contribution is -0.0467. The smallest absolute Gasteiger partial charge is 0.266 e. The number of nitrogens with one attached hydrogen (secondary N) is 2. The molecule has 0 aromatic rings. The lowest BCUT2D eigenvalue weighted by Crippen LogP contribution is -2.45. The van der Waals surface area contributed by atoms with Crippen LogP contribution < -0.4 is 10.4 Å². The van der Waals surface area contributed by atoms with Crippen molar-refractivity contribution in [1.29, 1.82) is 0 Å². The highest BCUT2D eigenvalue weighted by Gasteiger charge is 2.22. The van der Waals surface area contributed by atoms with Gasteiger partial charge in [-0.2, -0.15) is 0 Å². The summed E-state index contributed by atoms with van der Waals surface area (Å²) in [5.41, 5.74) is 0. The average Bonchev–Trinajstić information content (AvgIpc) is 2.15. The summed E-state index contributed by atoms with van der Waals surface area (Å²) in [7, 11) is -0.989. The van der Waals surface area contributed by atoms with Crippen LogP contribution in [0.15, 0.2) is 0 Å². The molecule has 0 bridgehead atoms. The Kier molecular flexibility index (Phi) is 4.54. The molecule has 5 nitrogen and oxygen atoms in total. The zero-order chi connectivity index (χ0) is 10.6. The summed E-state index contributed by atoms with van der Waals surface area (Å²) in [6, 6.07) is 0. The van der Waals surface area contributed by atoms with E-state index < -0.39 is 7.52 Å². The summed E-state index contributed by atoms with van der Waals surface area (Å²) in [6.07, 6.45) is 0.198. The predicted octanol–water partition coefficient (Wildman–Crippen LogP) is 0.422. The van der Waals surface area contributed by atoms with E-state index in [1.54, 1.807) is 13.7 Å². The normalized spacial score (nSPS) is 32.5. The van der Waals surface area contributed by atoms with Crippen LogP contribution in [0.4, 0.5) is 0 Å². The van der Waals surface area contributed by atoms with Gasteiger partial charge >= 0.3 is 0 Å². The molecular formula is C8H19N2O3P. The molecule has 0 aliphatic carbocycles. The first-order chi connectivity index (χ1) is 6.53. The van der Waals surface area contributed by atoms with Crippen molar-refractivity contribution in [2.75, 3.05) is 33.4 Å². The van der Waals surface area contributed by atoms with Crippen LogP contribution in [0.2, 0.25) is 0 Å². The highest BCUT2D eigenvalue weighted by Crippen LogP contribution is 2.36. The van der Waals surface area contributed by atoms with Crippen molar-refractivity contribution < 1.29 is 13.8 Å². The molecule has 0 amide bonds. The van der Waals surface area contributed by atoms with Crippen LogP contribution in [0.3, 0.4) is 0 Å². The van der Waals surface area contributed by atoms with Gasteiger partial charge in [0.1, 0.15) is 0 Å². The Balaban J connectivity index is 2.27. The van der Waals surface area contributed by atoms with Crippen LogP contribution in [0.1, 0.15) is 6.92 Å². The van der Waals surface area contributed by atoms with Gasteiger partial charge in [-0.1, -0.05) is 0 Å². The topological polar surface area (TPSA) is 59.6 Å². The molecular weight excluding hydrogens is 203 g/mol. The maximum Gasteiger partial charge on any atom is 0.266 e. The summed E-state index contributed by atoms with van der Waals surface area (Å²) < 4.78 is 22.3. The molecule has 1 rings (SSSR count). The van der Waals surface area contributed by atoms with Gasteiger partial charge in [-0.05, 0) is 14.0 Å². The molecule has 0 saturated carbocycles. The predicted molar refractivity (Wildman–Crippen MR) is 55.7 cm³/mol. The molecule has 3 atom stereocenters. The fourth-order valence-corrected chi connectivity index (χ4v) is 1.84.